The largest absolute Gasteiger partial charge is 0.345 e. The molecule has 0 bridgehead atoms. The van der Waals surface area contributed by atoms with Crippen LogP contribution in [0.3, 0.4) is 0 Å². The highest BCUT2D eigenvalue weighted by Crippen LogP contribution is 2.41. The highest BCUT2D eigenvalue weighted by Gasteiger charge is 2.34. The van der Waals surface area contributed by atoms with E-state index in [1.54, 1.807) is 19.1 Å². The zero-order chi connectivity index (χ0) is 21.5. The van der Waals surface area contributed by atoms with Crippen molar-refractivity contribution in [2.24, 2.45) is 5.92 Å². The Labute approximate surface area is 180 Å². The van der Waals surface area contributed by atoms with Crippen LogP contribution in [-0.2, 0) is 0 Å². The second-order valence-electron chi connectivity index (χ2n) is 8.72. The average molecular weight is 420 g/mol. The summed E-state index contributed by atoms with van der Waals surface area (Å²) in [6.07, 6.45) is 5.15. The van der Waals surface area contributed by atoms with Gasteiger partial charge in [-0.3, -0.25) is 9.59 Å². The number of carbonyl (C=O) groups excluding carboxylic acids is 1. The van der Waals surface area contributed by atoms with E-state index in [0.717, 1.165) is 37.7 Å². The van der Waals surface area contributed by atoms with Crippen LogP contribution in [0.5, 0.6) is 0 Å². The lowest BCUT2D eigenvalue weighted by atomic mass is 9.94. The van der Waals surface area contributed by atoms with Crippen molar-refractivity contribution in [1.82, 2.24) is 9.99 Å². The summed E-state index contributed by atoms with van der Waals surface area (Å²) in [5.41, 5.74) is 4.68. The minimum atomic E-state index is -0.609. The van der Waals surface area contributed by atoms with E-state index in [-0.39, 0.29) is 23.4 Å². The molecular formula is C25H26FN3O2. The number of nitrogens with one attached hydrogen (secondary N) is 2. The molecule has 5 nitrogen and oxygen atoms in total. The Kier molecular flexibility index (Phi) is 5.00. The van der Waals surface area contributed by atoms with Crippen molar-refractivity contribution in [3.8, 4) is 0 Å². The van der Waals surface area contributed by atoms with Gasteiger partial charge in [-0.2, -0.15) is 0 Å². The first-order valence-corrected chi connectivity index (χ1v) is 11.0. The van der Waals surface area contributed by atoms with Crippen LogP contribution in [0, 0.1) is 18.7 Å². The molecule has 2 N–H and O–H groups in total. The zero-order valence-electron chi connectivity index (χ0n) is 17.5. The van der Waals surface area contributed by atoms with Gasteiger partial charge in [-0.1, -0.05) is 42.5 Å². The Morgan fingerprint density at radius 3 is 2.45 bits per heavy atom. The number of aromatic nitrogens is 1. The first kappa shape index (κ1) is 19.8. The van der Waals surface area contributed by atoms with Gasteiger partial charge in [0.2, 0.25) is 0 Å². The summed E-state index contributed by atoms with van der Waals surface area (Å²) in [5, 5.41) is 3.49. The monoisotopic (exact) mass is 419 g/mol. The van der Waals surface area contributed by atoms with Gasteiger partial charge in [0.1, 0.15) is 5.82 Å². The SMILES string of the molecule is Cc1c(C(=O)N[C@H](c2ccccc2)C2CC2)c2cccc(F)c2c(=O)n1NC1CCC1. The Morgan fingerprint density at radius 2 is 1.81 bits per heavy atom. The molecular weight excluding hydrogens is 393 g/mol. The summed E-state index contributed by atoms with van der Waals surface area (Å²) in [6.45, 7) is 1.75. The third kappa shape index (κ3) is 3.60. The molecule has 0 spiro atoms. The zero-order valence-corrected chi connectivity index (χ0v) is 17.5. The maximum absolute atomic E-state index is 14.7. The number of nitrogens with zero attached hydrogens (tertiary/aromatic N) is 1. The summed E-state index contributed by atoms with van der Waals surface area (Å²) in [6, 6.07) is 14.5. The number of amides is 1. The summed E-state index contributed by atoms with van der Waals surface area (Å²) in [4.78, 5) is 26.7. The molecule has 1 heterocycles. The standard InChI is InChI=1S/C25H26FN3O2/c1-15-21(24(30)27-23(17-13-14-17)16-7-3-2-4-8-16)19-11-6-12-20(26)22(19)25(31)29(15)28-18-9-5-10-18/h2-4,6-8,11-12,17-18,23,28H,5,9-10,13-14H2,1H3,(H,27,30)/t23-/m1/s1. The van der Waals surface area contributed by atoms with Gasteiger partial charge < -0.3 is 10.7 Å². The van der Waals surface area contributed by atoms with Crippen LogP contribution in [0.15, 0.2) is 53.3 Å². The minimum absolute atomic E-state index is 0.0484. The highest BCUT2D eigenvalue weighted by atomic mass is 19.1. The van der Waals surface area contributed by atoms with Crippen LogP contribution in [0.2, 0.25) is 0 Å². The van der Waals surface area contributed by atoms with Gasteiger partial charge in [-0.25, -0.2) is 9.07 Å². The van der Waals surface area contributed by atoms with Crippen molar-refractivity contribution in [2.75, 3.05) is 5.43 Å². The van der Waals surface area contributed by atoms with Crippen LogP contribution in [0.1, 0.15) is 59.8 Å². The smallest absolute Gasteiger partial charge is 0.279 e. The van der Waals surface area contributed by atoms with E-state index in [2.05, 4.69) is 10.7 Å². The molecule has 2 aliphatic carbocycles. The predicted molar refractivity (Wildman–Crippen MR) is 119 cm³/mol. The molecule has 1 atom stereocenters. The molecule has 2 aromatic carbocycles. The van der Waals surface area contributed by atoms with E-state index < -0.39 is 11.4 Å². The Bertz CT molecular complexity index is 1200. The molecule has 1 amide bonds. The van der Waals surface area contributed by atoms with Crippen LogP contribution in [0.25, 0.3) is 10.8 Å². The Morgan fingerprint density at radius 1 is 1.06 bits per heavy atom. The molecule has 3 aromatic rings. The lowest BCUT2D eigenvalue weighted by Crippen LogP contribution is -2.42. The van der Waals surface area contributed by atoms with E-state index in [4.69, 9.17) is 0 Å². The Hall–Kier alpha value is -3.15. The average Bonchev–Trinajstić information content (AvgIpc) is 3.56. The third-order valence-corrected chi connectivity index (χ3v) is 6.58. The van der Waals surface area contributed by atoms with E-state index >= 15 is 0 Å². The molecule has 0 radical (unpaired) electrons. The summed E-state index contributed by atoms with van der Waals surface area (Å²) >= 11 is 0. The third-order valence-electron chi connectivity index (χ3n) is 6.58. The molecule has 0 saturated heterocycles. The number of pyridine rings is 1. The molecule has 5 rings (SSSR count). The van der Waals surface area contributed by atoms with Crippen molar-refractivity contribution in [1.29, 1.82) is 0 Å². The van der Waals surface area contributed by atoms with Gasteiger partial charge in [0.05, 0.1) is 22.7 Å². The van der Waals surface area contributed by atoms with E-state index in [0.29, 0.717) is 22.6 Å². The van der Waals surface area contributed by atoms with Crippen LogP contribution in [0.4, 0.5) is 4.39 Å². The van der Waals surface area contributed by atoms with E-state index in [1.165, 1.54) is 10.7 Å². The van der Waals surface area contributed by atoms with Crippen molar-refractivity contribution >= 4 is 16.7 Å². The second kappa shape index (κ2) is 7.84. The van der Waals surface area contributed by atoms with E-state index in [1.807, 2.05) is 30.3 Å². The molecule has 0 aliphatic heterocycles. The number of carbonyl (C=O) groups is 1. The summed E-state index contributed by atoms with van der Waals surface area (Å²) in [7, 11) is 0. The highest BCUT2D eigenvalue weighted by molar-refractivity contribution is 6.08. The number of benzene rings is 2. The fourth-order valence-electron chi connectivity index (χ4n) is 4.46. The first-order valence-electron chi connectivity index (χ1n) is 11.0. The summed E-state index contributed by atoms with van der Waals surface area (Å²) < 4.78 is 16.1. The van der Waals surface area contributed by atoms with Crippen LogP contribution >= 0.6 is 0 Å². The lowest BCUT2D eigenvalue weighted by Gasteiger charge is -2.30. The molecule has 2 saturated carbocycles. The predicted octanol–water partition coefficient (Wildman–Crippen LogP) is 4.43. The van der Waals surface area contributed by atoms with Gasteiger partial charge in [0, 0.05) is 11.4 Å². The van der Waals surface area contributed by atoms with Crippen molar-refractivity contribution in [3.05, 3.63) is 81.5 Å². The van der Waals surface area contributed by atoms with Gasteiger partial charge in [0.15, 0.2) is 0 Å². The van der Waals surface area contributed by atoms with Gasteiger partial charge >= 0.3 is 0 Å². The topological polar surface area (TPSA) is 63.1 Å². The maximum atomic E-state index is 14.7. The first-order chi connectivity index (χ1) is 15.0. The van der Waals surface area contributed by atoms with Crippen molar-refractivity contribution in [2.45, 2.75) is 51.1 Å². The number of hydrogen-bond acceptors (Lipinski definition) is 3. The van der Waals surface area contributed by atoms with Crippen LogP contribution < -0.4 is 16.3 Å². The number of halogens is 1. The quantitative estimate of drug-likeness (QED) is 0.622. The van der Waals surface area contributed by atoms with Gasteiger partial charge in [-0.05, 0) is 56.6 Å². The lowest BCUT2D eigenvalue weighted by molar-refractivity contribution is 0.0932. The number of fused-ring (bicyclic) bond motifs is 1. The molecule has 2 fully saturated rings. The molecule has 31 heavy (non-hydrogen) atoms. The fourth-order valence-corrected chi connectivity index (χ4v) is 4.46. The van der Waals surface area contributed by atoms with Crippen molar-refractivity contribution in [3.63, 3.8) is 0 Å². The maximum Gasteiger partial charge on any atom is 0.279 e. The number of hydrogen-bond donors (Lipinski definition) is 2. The van der Waals surface area contributed by atoms with Gasteiger partial charge in [-0.15, -0.1) is 0 Å². The second-order valence-corrected chi connectivity index (χ2v) is 8.72. The van der Waals surface area contributed by atoms with Gasteiger partial charge in [0.25, 0.3) is 11.5 Å². The molecule has 6 heteroatoms. The molecule has 2 aliphatic rings. The summed E-state index contributed by atoms with van der Waals surface area (Å²) in [5.74, 6) is -0.491. The van der Waals surface area contributed by atoms with E-state index in [9.17, 15) is 14.0 Å². The minimum Gasteiger partial charge on any atom is -0.345 e. The molecule has 160 valence electrons. The van der Waals surface area contributed by atoms with Crippen molar-refractivity contribution < 1.29 is 9.18 Å². The van der Waals surface area contributed by atoms with Crippen LogP contribution in [-0.4, -0.2) is 16.6 Å². The molecule has 1 aromatic heterocycles. The fraction of sp³-hybridized carbons (Fsp3) is 0.360. The molecule has 0 unspecified atom stereocenters. The normalized spacial score (nSPS) is 17.2. The number of rotatable bonds is 6. The Balaban J connectivity index is 1.60.